The van der Waals surface area contributed by atoms with Crippen molar-refractivity contribution in [2.75, 3.05) is 25.0 Å². The van der Waals surface area contributed by atoms with Crippen molar-refractivity contribution in [2.24, 2.45) is 0 Å². The Morgan fingerprint density at radius 2 is 2.04 bits per heavy atom. The number of nitrogens with zero attached hydrogens (tertiary/aromatic N) is 2. The smallest absolute Gasteiger partial charge is 0.293 e. The summed E-state index contributed by atoms with van der Waals surface area (Å²) < 4.78 is 0. The number of anilines is 1. The van der Waals surface area contributed by atoms with Gasteiger partial charge in [-0.25, -0.2) is 0 Å². The lowest BCUT2D eigenvalue weighted by molar-refractivity contribution is -0.384. The standard InChI is InChI=1S/C16H22N4O4/c1-3-17-15(21)10-19(4-2)16(22)11-5-8-13(18-12-6-7-12)14(9-11)20(23)24/h5,8-9,12,18H,3-4,6-7,10H2,1-2H3,(H,17,21). The van der Waals surface area contributed by atoms with Crippen molar-refractivity contribution < 1.29 is 14.5 Å². The van der Waals surface area contributed by atoms with Crippen LogP contribution in [0.15, 0.2) is 18.2 Å². The molecule has 0 radical (unpaired) electrons. The molecule has 1 aromatic carbocycles. The van der Waals surface area contributed by atoms with E-state index in [1.54, 1.807) is 26.0 Å². The van der Waals surface area contributed by atoms with Crippen molar-refractivity contribution in [1.82, 2.24) is 10.2 Å². The molecule has 0 bridgehead atoms. The van der Waals surface area contributed by atoms with E-state index in [9.17, 15) is 19.7 Å². The highest BCUT2D eigenvalue weighted by Gasteiger charge is 2.26. The zero-order valence-electron chi connectivity index (χ0n) is 13.9. The van der Waals surface area contributed by atoms with Gasteiger partial charge in [0.2, 0.25) is 5.91 Å². The summed E-state index contributed by atoms with van der Waals surface area (Å²) in [4.78, 5) is 36.4. The second-order valence-electron chi connectivity index (χ2n) is 5.68. The Labute approximate surface area is 140 Å². The number of likely N-dealkylation sites (N-methyl/N-ethyl adjacent to an activating group) is 2. The Bertz CT molecular complexity index is 643. The van der Waals surface area contributed by atoms with Crippen LogP contribution in [0.5, 0.6) is 0 Å². The van der Waals surface area contributed by atoms with Crippen LogP contribution in [0.4, 0.5) is 11.4 Å². The van der Waals surface area contributed by atoms with Gasteiger partial charge in [-0.2, -0.15) is 0 Å². The molecule has 0 atom stereocenters. The quantitative estimate of drug-likeness (QED) is 0.557. The second-order valence-corrected chi connectivity index (χ2v) is 5.68. The van der Waals surface area contributed by atoms with E-state index < -0.39 is 10.8 Å². The maximum absolute atomic E-state index is 12.5. The number of nitro groups is 1. The fraction of sp³-hybridized carbons (Fsp3) is 0.500. The summed E-state index contributed by atoms with van der Waals surface area (Å²) in [5.41, 5.74) is 0.502. The first-order valence-corrected chi connectivity index (χ1v) is 8.07. The van der Waals surface area contributed by atoms with Gasteiger partial charge in [0.05, 0.1) is 11.5 Å². The van der Waals surface area contributed by atoms with E-state index in [0.717, 1.165) is 12.8 Å². The summed E-state index contributed by atoms with van der Waals surface area (Å²) in [6.45, 7) is 4.31. The molecule has 2 amide bonds. The number of nitrogens with one attached hydrogen (secondary N) is 2. The van der Waals surface area contributed by atoms with Gasteiger partial charge in [-0.3, -0.25) is 19.7 Å². The van der Waals surface area contributed by atoms with Crippen LogP contribution in [0.3, 0.4) is 0 Å². The fourth-order valence-corrected chi connectivity index (χ4v) is 2.32. The van der Waals surface area contributed by atoms with E-state index in [2.05, 4.69) is 10.6 Å². The predicted octanol–water partition coefficient (Wildman–Crippen LogP) is 1.77. The summed E-state index contributed by atoms with van der Waals surface area (Å²) >= 11 is 0. The van der Waals surface area contributed by atoms with Crippen LogP contribution in [-0.2, 0) is 4.79 Å². The lowest BCUT2D eigenvalue weighted by Gasteiger charge is -2.20. The van der Waals surface area contributed by atoms with E-state index in [1.165, 1.54) is 11.0 Å². The van der Waals surface area contributed by atoms with Crippen LogP contribution in [0.1, 0.15) is 37.0 Å². The number of benzene rings is 1. The summed E-state index contributed by atoms with van der Waals surface area (Å²) in [6.07, 6.45) is 1.99. The lowest BCUT2D eigenvalue weighted by atomic mass is 10.1. The number of hydrogen-bond donors (Lipinski definition) is 2. The first-order chi connectivity index (χ1) is 11.5. The Hall–Kier alpha value is -2.64. The Kier molecular flexibility index (Phi) is 5.73. The number of amides is 2. The maximum Gasteiger partial charge on any atom is 0.293 e. The van der Waals surface area contributed by atoms with Crippen molar-refractivity contribution in [1.29, 1.82) is 0 Å². The monoisotopic (exact) mass is 334 g/mol. The zero-order chi connectivity index (χ0) is 17.7. The molecular formula is C16H22N4O4. The Balaban J connectivity index is 2.19. The molecule has 1 aliphatic rings. The maximum atomic E-state index is 12.5. The van der Waals surface area contributed by atoms with Crippen LogP contribution < -0.4 is 10.6 Å². The highest BCUT2D eigenvalue weighted by atomic mass is 16.6. The molecule has 0 aromatic heterocycles. The molecule has 130 valence electrons. The normalized spacial score (nSPS) is 13.2. The minimum absolute atomic E-state index is 0.0704. The fourth-order valence-electron chi connectivity index (χ4n) is 2.32. The average molecular weight is 334 g/mol. The van der Waals surface area contributed by atoms with Gasteiger partial charge in [-0.1, -0.05) is 0 Å². The highest BCUT2D eigenvalue weighted by molar-refractivity contribution is 5.97. The van der Waals surface area contributed by atoms with Gasteiger partial charge in [0.25, 0.3) is 11.6 Å². The molecule has 2 N–H and O–H groups in total. The second kappa shape index (κ2) is 7.76. The molecule has 0 spiro atoms. The molecule has 0 aliphatic heterocycles. The molecule has 8 nitrogen and oxygen atoms in total. The molecule has 1 aliphatic carbocycles. The number of hydrogen-bond acceptors (Lipinski definition) is 5. The average Bonchev–Trinajstić information content (AvgIpc) is 3.36. The van der Waals surface area contributed by atoms with Crippen LogP contribution in [0, 0.1) is 10.1 Å². The van der Waals surface area contributed by atoms with Crippen molar-refractivity contribution in [2.45, 2.75) is 32.7 Å². The summed E-state index contributed by atoms with van der Waals surface area (Å²) in [7, 11) is 0. The summed E-state index contributed by atoms with van der Waals surface area (Å²) in [6, 6.07) is 4.66. The van der Waals surface area contributed by atoms with Crippen LogP contribution in [0.2, 0.25) is 0 Å². The van der Waals surface area contributed by atoms with Crippen molar-refractivity contribution in [3.63, 3.8) is 0 Å². The first-order valence-electron chi connectivity index (χ1n) is 8.07. The molecule has 1 fully saturated rings. The molecule has 0 unspecified atom stereocenters. The SMILES string of the molecule is CCNC(=O)CN(CC)C(=O)c1ccc(NC2CC2)c([N+](=O)[O-])c1. The number of carbonyl (C=O) groups is 2. The van der Waals surface area contributed by atoms with Gasteiger partial charge in [-0.15, -0.1) is 0 Å². The van der Waals surface area contributed by atoms with Gasteiger partial charge in [0, 0.05) is 30.8 Å². The molecule has 24 heavy (non-hydrogen) atoms. The van der Waals surface area contributed by atoms with Gasteiger partial charge < -0.3 is 15.5 Å². The van der Waals surface area contributed by atoms with Crippen LogP contribution in [0.25, 0.3) is 0 Å². The van der Waals surface area contributed by atoms with E-state index >= 15 is 0 Å². The number of nitro benzene ring substituents is 1. The summed E-state index contributed by atoms with van der Waals surface area (Å²) in [5.74, 6) is -0.654. The highest BCUT2D eigenvalue weighted by Crippen LogP contribution is 2.31. The van der Waals surface area contributed by atoms with Crippen LogP contribution in [-0.4, -0.2) is 47.3 Å². The van der Waals surface area contributed by atoms with Crippen molar-refractivity contribution >= 4 is 23.2 Å². The minimum atomic E-state index is -0.498. The van der Waals surface area contributed by atoms with Crippen LogP contribution >= 0.6 is 0 Å². The third kappa shape index (κ3) is 4.43. The van der Waals surface area contributed by atoms with E-state index in [-0.39, 0.29) is 29.7 Å². The Morgan fingerprint density at radius 3 is 2.58 bits per heavy atom. The third-order valence-corrected chi connectivity index (χ3v) is 3.76. The summed E-state index contributed by atoms with van der Waals surface area (Å²) in [5, 5.41) is 17.0. The number of carbonyl (C=O) groups excluding carboxylic acids is 2. The van der Waals surface area contributed by atoms with E-state index in [1.807, 2.05) is 0 Å². The molecule has 0 heterocycles. The Morgan fingerprint density at radius 1 is 1.33 bits per heavy atom. The van der Waals surface area contributed by atoms with Gasteiger partial charge in [-0.05, 0) is 38.8 Å². The van der Waals surface area contributed by atoms with Gasteiger partial charge in [0.15, 0.2) is 0 Å². The zero-order valence-corrected chi connectivity index (χ0v) is 13.9. The topological polar surface area (TPSA) is 105 Å². The lowest BCUT2D eigenvalue weighted by Crippen LogP contribution is -2.40. The molecular weight excluding hydrogens is 312 g/mol. The van der Waals surface area contributed by atoms with Crippen molar-refractivity contribution in [3.8, 4) is 0 Å². The molecule has 0 saturated heterocycles. The van der Waals surface area contributed by atoms with E-state index in [0.29, 0.717) is 18.8 Å². The molecule has 2 rings (SSSR count). The van der Waals surface area contributed by atoms with Crippen molar-refractivity contribution in [3.05, 3.63) is 33.9 Å². The van der Waals surface area contributed by atoms with E-state index in [4.69, 9.17) is 0 Å². The largest absolute Gasteiger partial charge is 0.377 e. The van der Waals surface area contributed by atoms with Gasteiger partial charge in [0.1, 0.15) is 5.69 Å². The number of rotatable bonds is 8. The predicted molar refractivity (Wildman–Crippen MR) is 90.0 cm³/mol. The third-order valence-electron chi connectivity index (χ3n) is 3.76. The first kappa shape index (κ1) is 17.7. The minimum Gasteiger partial charge on any atom is -0.377 e. The molecule has 1 aromatic rings. The molecule has 8 heteroatoms. The molecule has 1 saturated carbocycles. The van der Waals surface area contributed by atoms with Gasteiger partial charge >= 0.3 is 0 Å².